The summed E-state index contributed by atoms with van der Waals surface area (Å²) in [4.78, 5) is 1.29. The van der Waals surface area contributed by atoms with Gasteiger partial charge in [-0.1, -0.05) is 0 Å². The molecule has 14 heavy (non-hydrogen) atoms. The van der Waals surface area contributed by atoms with E-state index in [0.29, 0.717) is 5.69 Å². The smallest absolute Gasteiger partial charge is 0.282 e. The summed E-state index contributed by atoms with van der Waals surface area (Å²) in [6.07, 6.45) is 0. The summed E-state index contributed by atoms with van der Waals surface area (Å²) in [5.74, 6) is -3.24. The van der Waals surface area contributed by atoms with E-state index in [4.69, 9.17) is 5.73 Å². The minimum Gasteiger partial charge on any atom is -0.399 e. The van der Waals surface area contributed by atoms with E-state index in [0.717, 1.165) is 6.07 Å². The Kier molecular flexibility index (Phi) is 1.83. The third kappa shape index (κ3) is 1.49. The highest BCUT2D eigenvalue weighted by molar-refractivity contribution is 5.56. The summed E-state index contributed by atoms with van der Waals surface area (Å²) in [5.41, 5.74) is 5.81. The zero-order valence-corrected chi connectivity index (χ0v) is 7.30. The second-order valence-corrected chi connectivity index (χ2v) is 3.42. The van der Waals surface area contributed by atoms with Crippen molar-refractivity contribution in [2.75, 3.05) is 23.7 Å². The van der Waals surface area contributed by atoms with Gasteiger partial charge < -0.3 is 10.6 Å². The van der Waals surface area contributed by atoms with Crippen LogP contribution in [0.5, 0.6) is 0 Å². The Bertz CT molecular complexity index is 357. The Morgan fingerprint density at radius 2 is 1.93 bits per heavy atom. The van der Waals surface area contributed by atoms with Gasteiger partial charge in [-0.05, 0) is 18.2 Å². The summed E-state index contributed by atoms with van der Waals surface area (Å²) in [7, 11) is 0. The van der Waals surface area contributed by atoms with Crippen molar-refractivity contribution < 1.29 is 13.2 Å². The van der Waals surface area contributed by atoms with Gasteiger partial charge in [0.15, 0.2) is 0 Å². The summed E-state index contributed by atoms with van der Waals surface area (Å²) in [6, 6.07) is 4.04. The minimum atomic E-state index is -2.69. The molecule has 0 unspecified atom stereocenters. The molecule has 2 rings (SSSR count). The van der Waals surface area contributed by atoms with E-state index in [1.807, 2.05) is 0 Å². The highest BCUT2D eigenvalue weighted by Crippen LogP contribution is 2.33. The van der Waals surface area contributed by atoms with E-state index in [2.05, 4.69) is 0 Å². The summed E-state index contributed by atoms with van der Waals surface area (Å²) in [6.45, 7) is -0.846. The van der Waals surface area contributed by atoms with Crippen LogP contribution in [-0.2, 0) is 0 Å². The number of nitrogen functional groups attached to an aromatic ring is 1. The van der Waals surface area contributed by atoms with Crippen molar-refractivity contribution in [2.24, 2.45) is 0 Å². The first-order valence-electron chi connectivity index (χ1n) is 4.16. The first-order valence-corrected chi connectivity index (χ1v) is 4.16. The van der Waals surface area contributed by atoms with Gasteiger partial charge in [-0.3, -0.25) is 0 Å². The molecule has 0 aliphatic carbocycles. The average molecular weight is 202 g/mol. The number of benzene rings is 1. The molecule has 0 bridgehead atoms. The zero-order valence-electron chi connectivity index (χ0n) is 7.30. The monoisotopic (exact) mass is 202 g/mol. The Morgan fingerprint density at radius 3 is 2.43 bits per heavy atom. The number of nitrogens with two attached hydrogens (primary N) is 1. The van der Waals surface area contributed by atoms with Crippen molar-refractivity contribution in [2.45, 2.75) is 5.92 Å². The molecule has 0 aromatic heterocycles. The quantitative estimate of drug-likeness (QED) is 0.704. The minimum absolute atomic E-state index is 0.185. The van der Waals surface area contributed by atoms with Crippen LogP contribution in [0.25, 0.3) is 0 Å². The fourth-order valence-electron chi connectivity index (χ4n) is 1.46. The van der Waals surface area contributed by atoms with Gasteiger partial charge in [-0.15, -0.1) is 0 Å². The molecule has 1 aliphatic heterocycles. The van der Waals surface area contributed by atoms with Gasteiger partial charge >= 0.3 is 0 Å². The Balaban J connectivity index is 2.19. The highest BCUT2D eigenvalue weighted by Gasteiger charge is 2.44. The molecule has 2 nitrogen and oxygen atoms in total. The molecule has 5 heteroatoms. The van der Waals surface area contributed by atoms with Crippen LogP contribution < -0.4 is 10.6 Å². The average Bonchev–Trinajstić information content (AvgIpc) is 2.00. The normalized spacial score (nSPS) is 19.2. The van der Waals surface area contributed by atoms with Crippen molar-refractivity contribution in [3.05, 3.63) is 24.0 Å². The van der Waals surface area contributed by atoms with E-state index in [1.54, 1.807) is 0 Å². The van der Waals surface area contributed by atoms with Crippen LogP contribution in [0, 0.1) is 5.82 Å². The van der Waals surface area contributed by atoms with Gasteiger partial charge in [-0.25, -0.2) is 13.2 Å². The number of nitrogens with zero attached hydrogens (tertiary/aromatic N) is 1. The van der Waals surface area contributed by atoms with Crippen LogP contribution in [0.3, 0.4) is 0 Å². The molecule has 0 amide bonds. The van der Waals surface area contributed by atoms with Crippen LogP contribution in [-0.4, -0.2) is 19.0 Å². The van der Waals surface area contributed by atoms with Gasteiger partial charge in [0.05, 0.1) is 18.8 Å². The predicted molar refractivity (Wildman–Crippen MR) is 48.0 cm³/mol. The Labute approximate surface area is 79.1 Å². The lowest BCUT2D eigenvalue weighted by Crippen LogP contribution is -2.56. The first kappa shape index (κ1) is 9.18. The highest BCUT2D eigenvalue weighted by atomic mass is 19.3. The van der Waals surface area contributed by atoms with Gasteiger partial charge in [0.1, 0.15) is 5.82 Å². The molecule has 0 spiro atoms. The molecule has 1 aliphatic rings. The van der Waals surface area contributed by atoms with E-state index in [-0.39, 0.29) is 5.69 Å². The molecule has 1 aromatic rings. The first-order chi connectivity index (χ1) is 6.48. The number of alkyl halides is 2. The van der Waals surface area contributed by atoms with E-state index < -0.39 is 24.8 Å². The molecule has 1 fully saturated rings. The van der Waals surface area contributed by atoms with E-state index in [1.165, 1.54) is 17.0 Å². The lowest BCUT2D eigenvalue weighted by Gasteiger charge is -2.40. The van der Waals surface area contributed by atoms with Crippen molar-refractivity contribution in [3.8, 4) is 0 Å². The van der Waals surface area contributed by atoms with Crippen LogP contribution in [0.15, 0.2) is 18.2 Å². The molecule has 2 N–H and O–H groups in total. The summed E-state index contributed by atoms with van der Waals surface area (Å²) < 4.78 is 38.2. The molecular weight excluding hydrogens is 193 g/mol. The SMILES string of the molecule is Nc1ccc(N2CC(F)(F)C2)c(F)c1. The van der Waals surface area contributed by atoms with Crippen molar-refractivity contribution in [1.29, 1.82) is 0 Å². The molecule has 76 valence electrons. The summed E-state index contributed by atoms with van der Waals surface area (Å²) in [5, 5.41) is 0. The molecule has 0 saturated carbocycles. The maximum absolute atomic E-state index is 13.2. The third-order valence-corrected chi connectivity index (χ3v) is 2.16. The molecule has 1 saturated heterocycles. The molecule has 0 atom stereocenters. The van der Waals surface area contributed by atoms with Gasteiger partial charge in [0.25, 0.3) is 5.92 Å². The van der Waals surface area contributed by atoms with Crippen LogP contribution >= 0.6 is 0 Å². The summed E-state index contributed by atoms with van der Waals surface area (Å²) >= 11 is 0. The van der Waals surface area contributed by atoms with Gasteiger partial charge in [0, 0.05) is 5.69 Å². The Hall–Kier alpha value is -1.39. The van der Waals surface area contributed by atoms with E-state index in [9.17, 15) is 13.2 Å². The number of rotatable bonds is 1. The Morgan fingerprint density at radius 1 is 1.29 bits per heavy atom. The number of hydrogen-bond acceptors (Lipinski definition) is 2. The molecule has 0 radical (unpaired) electrons. The maximum Gasteiger partial charge on any atom is 0.282 e. The van der Waals surface area contributed by atoms with Crippen molar-refractivity contribution in [3.63, 3.8) is 0 Å². The van der Waals surface area contributed by atoms with Crippen LogP contribution in [0.4, 0.5) is 24.5 Å². The van der Waals surface area contributed by atoms with Crippen molar-refractivity contribution >= 4 is 11.4 Å². The van der Waals surface area contributed by atoms with Crippen LogP contribution in [0.1, 0.15) is 0 Å². The van der Waals surface area contributed by atoms with Gasteiger partial charge in [-0.2, -0.15) is 0 Å². The number of hydrogen-bond donors (Lipinski definition) is 1. The topological polar surface area (TPSA) is 29.3 Å². The van der Waals surface area contributed by atoms with Gasteiger partial charge in [0.2, 0.25) is 0 Å². The fourth-order valence-corrected chi connectivity index (χ4v) is 1.46. The predicted octanol–water partition coefficient (Wildman–Crippen LogP) is 1.86. The largest absolute Gasteiger partial charge is 0.399 e. The molecular formula is C9H9F3N2. The number of halogens is 3. The van der Waals surface area contributed by atoms with Crippen LogP contribution in [0.2, 0.25) is 0 Å². The second kappa shape index (κ2) is 2.80. The number of anilines is 2. The lowest BCUT2D eigenvalue weighted by molar-refractivity contribution is -0.0265. The third-order valence-electron chi connectivity index (χ3n) is 2.16. The zero-order chi connectivity index (χ0) is 10.3. The van der Waals surface area contributed by atoms with E-state index >= 15 is 0 Å². The fraction of sp³-hybridized carbons (Fsp3) is 0.333. The molecule has 1 heterocycles. The van der Waals surface area contributed by atoms with Crippen molar-refractivity contribution in [1.82, 2.24) is 0 Å². The standard InChI is InChI=1S/C9H9F3N2/c10-7-3-6(13)1-2-8(7)14-4-9(11,12)5-14/h1-3H,4-5,13H2. The maximum atomic E-state index is 13.2. The molecule has 1 aromatic carbocycles. The lowest BCUT2D eigenvalue weighted by atomic mass is 10.1. The second-order valence-electron chi connectivity index (χ2n) is 3.42.